The summed E-state index contributed by atoms with van der Waals surface area (Å²) in [5, 5.41) is 3.42. The third-order valence-electron chi connectivity index (χ3n) is 3.89. The fraction of sp³-hybridized carbons (Fsp3) is 0.692. The van der Waals surface area contributed by atoms with Crippen molar-refractivity contribution >= 4 is 11.8 Å². The Morgan fingerprint density at radius 2 is 2.18 bits per heavy atom. The Morgan fingerprint density at radius 3 is 2.71 bits per heavy atom. The molecule has 0 aliphatic carbocycles. The summed E-state index contributed by atoms with van der Waals surface area (Å²) in [6.45, 7) is 7.53. The second-order valence-electron chi connectivity index (χ2n) is 5.68. The molecule has 0 aromatic carbocycles. The standard InChI is InChI=1S/C13H20N2O2/c1-9-7-11(16)15(12(9)17)8-10-13(2,3)5-4-6-14-10/h7,10,14H,4-6,8H2,1-3H3. The minimum atomic E-state index is -0.171. The zero-order chi connectivity index (χ0) is 12.6. The van der Waals surface area contributed by atoms with Crippen molar-refractivity contribution in [3.05, 3.63) is 11.6 Å². The molecule has 1 fully saturated rings. The fourth-order valence-electron chi connectivity index (χ4n) is 2.58. The number of carbonyl (C=O) groups excluding carboxylic acids is 2. The maximum absolute atomic E-state index is 11.8. The Bertz CT molecular complexity index is 385. The lowest BCUT2D eigenvalue weighted by molar-refractivity contribution is -0.138. The van der Waals surface area contributed by atoms with Gasteiger partial charge < -0.3 is 5.32 Å². The highest BCUT2D eigenvalue weighted by atomic mass is 16.2. The van der Waals surface area contributed by atoms with Gasteiger partial charge in [0.1, 0.15) is 0 Å². The summed E-state index contributed by atoms with van der Waals surface area (Å²) in [5.41, 5.74) is 0.679. The van der Waals surface area contributed by atoms with Crippen LogP contribution in [0.1, 0.15) is 33.6 Å². The lowest BCUT2D eigenvalue weighted by atomic mass is 9.77. The van der Waals surface area contributed by atoms with Crippen LogP contribution in [0.5, 0.6) is 0 Å². The van der Waals surface area contributed by atoms with Crippen LogP contribution in [0.15, 0.2) is 11.6 Å². The van der Waals surface area contributed by atoms with Crippen molar-refractivity contribution in [1.29, 1.82) is 0 Å². The van der Waals surface area contributed by atoms with Crippen molar-refractivity contribution in [2.45, 2.75) is 39.7 Å². The minimum absolute atomic E-state index is 0.134. The number of nitrogens with one attached hydrogen (secondary N) is 1. The van der Waals surface area contributed by atoms with E-state index in [1.54, 1.807) is 6.92 Å². The molecule has 94 valence electrons. The Hall–Kier alpha value is -1.16. The number of hydrogen-bond donors (Lipinski definition) is 1. The van der Waals surface area contributed by atoms with E-state index in [9.17, 15) is 9.59 Å². The van der Waals surface area contributed by atoms with Gasteiger partial charge >= 0.3 is 0 Å². The molecule has 0 bridgehead atoms. The zero-order valence-electron chi connectivity index (χ0n) is 10.7. The van der Waals surface area contributed by atoms with Gasteiger partial charge in [-0.3, -0.25) is 14.5 Å². The normalized spacial score (nSPS) is 28.5. The first-order valence-corrected chi connectivity index (χ1v) is 6.19. The first-order valence-electron chi connectivity index (χ1n) is 6.19. The highest BCUT2D eigenvalue weighted by molar-refractivity contribution is 6.15. The van der Waals surface area contributed by atoms with Crippen molar-refractivity contribution in [3.8, 4) is 0 Å². The average Bonchev–Trinajstić information content (AvgIpc) is 2.47. The van der Waals surface area contributed by atoms with Gasteiger partial charge in [-0.1, -0.05) is 13.8 Å². The Balaban J connectivity index is 2.07. The van der Waals surface area contributed by atoms with Crippen molar-refractivity contribution in [2.75, 3.05) is 13.1 Å². The first kappa shape index (κ1) is 12.3. The van der Waals surface area contributed by atoms with Crippen LogP contribution in [-0.2, 0) is 9.59 Å². The highest BCUT2D eigenvalue weighted by Gasteiger charge is 2.37. The zero-order valence-corrected chi connectivity index (χ0v) is 10.7. The van der Waals surface area contributed by atoms with Crippen LogP contribution in [0.4, 0.5) is 0 Å². The number of amides is 2. The van der Waals surface area contributed by atoms with Gasteiger partial charge in [-0.05, 0) is 31.7 Å². The minimum Gasteiger partial charge on any atom is -0.312 e. The predicted molar refractivity (Wildman–Crippen MR) is 65.3 cm³/mol. The number of nitrogens with zero attached hydrogens (tertiary/aromatic N) is 1. The molecule has 17 heavy (non-hydrogen) atoms. The second-order valence-corrected chi connectivity index (χ2v) is 5.68. The lowest BCUT2D eigenvalue weighted by Gasteiger charge is -2.40. The van der Waals surface area contributed by atoms with E-state index < -0.39 is 0 Å². The van der Waals surface area contributed by atoms with Crippen LogP contribution in [0.25, 0.3) is 0 Å². The van der Waals surface area contributed by atoms with Gasteiger partial charge in [-0.25, -0.2) is 0 Å². The quantitative estimate of drug-likeness (QED) is 0.730. The maximum atomic E-state index is 11.8. The van der Waals surface area contributed by atoms with E-state index >= 15 is 0 Å². The van der Waals surface area contributed by atoms with Gasteiger partial charge in [0.15, 0.2) is 0 Å². The van der Waals surface area contributed by atoms with E-state index in [1.807, 2.05) is 0 Å². The van der Waals surface area contributed by atoms with Gasteiger partial charge in [0, 0.05) is 24.2 Å². The summed E-state index contributed by atoms with van der Waals surface area (Å²) >= 11 is 0. The number of imide groups is 1. The molecular weight excluding hydrogens is 216 g/mol. The number of rotatable bonds is 2. The largest absolute Gasteiger partial charge is 0.312 e. The summed E-state index contributed by atoms with van der Waals surface area (Å²) in [6, 6.07) is 0.198. The SMILES string of the molecule is CC1=CC(=O)N(CC2NCCCC2(C)C)C1=O. The Kier molecular flexibility index (Phi) is 3.08. The molecular formula is C13H20N2O2. The van der Waals surface area contributed by atoms with Crippen LogP contribution in [0.2, 0.25) is 0 Å². The van der Waals surface area contributed by atoms with Gasteiger partial charge in [0.25, 0.3) is 11.8 Å². The van der Waals surface area contributed by atoms with E-state index in [1.165, 1.54) is 11.0 Å². The van der Waals surface area contributed by atoms with E-state index in [4.69, 9.17) is 0 Å². The van der Waals surface area contributed by atoms with Gasteiger partial charge in [0.2, 0.25) is 0 Å². The summed E-state index contributed by atoms with van der Waals surface area (Å²) in [6.07, 6.45) is 3.72. The molecule has 0 aromatic heterocycles. The monoisotopic (exact) mass is 236 g/mol. The third-order valence-corrected chi connectivity index (χ3v) is 3.89. The Labute approximate surface area is 102 Å². The number of piperidine rings is 1. The molecule has 1 atom stereocenters. The molecule has 2 aliphatic rings. The molecule has 1 unspecified atom stereocenters. The molecule has 0 saturated carbocycles. The van der Waals surface area contributed by atoms with E-state index in [0.717, 1.165) is 19.4 Å². The summed E-state index contributed by atoms with van der Waals surface area (Å²) in [7, 11) is 0. The predicted octanol–water partition coefficient (Wildman–Crippen LogP) is 1.08. The van der Waals surface area contributed by atoms with Crippen molar-refractivity contribution in [2.24, 2.45) is 5.41 Å². The molecule has 0 spiro atoms. The van der Waals surface area contributed by atoms with Gasteiger partial charge in [0.05, 0.1) is 0 Å². The summed E-state index contributed by atoms with van der Waals surface area (Å²) in [4.78, 5) is 24.9. The second kappa shape index (κ2) is 4.26. The van der Waals surface area contributed by atoms with Crippen LogP contribution in [0.3, 0.4) is 0 Å². The molecule has 2 heterocycles. The van der Waals surface area contributed by atoms with E-state index in [-0.39, 0.29) is 23.3 Å². The van der Waals surface area contributed by atoms with E-state index in [0.29, 0.717) is 12.1 Å². The smallest absolute Gasteiger partial charge is 0.256 e. The van der Waals surface area contributed by atoms with Crippen LogP contribution in [0, 0.1) is 5.41 Å². The average molecular weight is 236 g/mol. The third kappa shape index (κ3) is 2.27. The fourth-order valence-corrected chi connectivity index (χ4v) is 2.58. The molecule has 2 rings (SSSR count). The highest BCUT2D eigenvalue weighted by Crippen LogP contribution is 2.31. The van der Waals surface area contributed by atoms with Crippen LogP contribution in [-0.4, -0.2) is 35.8 Å². The number of carbonyl (C=O) groups is 2. The summed E-state index contributed by atoms with van der Waals surface area (Å²) in [5.74, 6) is -0.311. The lowest BCUT2D eigenvalue weighted by Crippen LogP contribution is -2.54. The van der Waals surface area contributed by atoms with Crippen molar-refractivity contribution in [1.82, 2.24) is 10.2 Å². The van der Waals surface area contributed by atoms with Gasteiger partial charge in [-0.15, -0.1) is 0 Å². The molecule has 4 nitrogen and oxygen atoms in total. The first-order chi connectivity index (χ1) is 7.92. The number of hydrogen-bond acceptors (Lipinski definition) is 3. The van der Waals surface area contributed by atoms with Crippen LogP contribution < -0.4 is 5.32 Å². The molecule has 1 saturated heterocycles. The molecule has 4 heteroatoms. The summed E-state index contributed by atoms with van der Waals surface area (Å²) < 4.78 is 0. The molecule has 2 amide bonds. The van der Waals surface area contributed by atoms with Gasteiger partial charge in [-0.2, -0.15) is 0 Å². The topological polar surface area (TPSA) is 49.4 Å². The molecule has 2 aliphatic heterocycles. The molecule has 0 radical (unpaired) electrons. The molecule has 1 N–H and O–H groups in total. The van der Waals surface area contributed by atoms with Crippen molar-refractivity contribution < 1.29 is 9.59 Å². The Morgan fingerprint density at radius 1 is 1.47 bits per heavy atom. The van der Waals surface area contributed by atoms with E-state index in [2.05, 4.69) is 19.2 Å². The molecule has 0 aromatic rings. The van der Waals surface area contributed by atoms with Crippen molar-refractivity contribution in [3.63, 3.8) is 0 Å². The maximum Gasteiger partial charge on any atom is 0.256 e. The van der Waals surface area contributed by atoms with Crippen LogP contribution >= 0.6 is 0 Å².